The van der Waals surface area contributed by atoms with Gasteiger partial charge in [-0.25, -0.2) is 0 Å². The van der Waals surface area contributed by atoms with Crippen LogP contribution in [0.2, 0.25) is 0 Å². The maximum atomic E-state index is 12.0. The van der Waals surface area contributed by atoms with Crippen LogP contribution >= 0.6 is 7.26 Å². The van der Waals surface area contributed by atoms with Crippen LogP contribution in [0.15, 0.2) is 30.3 Å². The normalized spacial score (nSPS) is 26.6. The second-order valence-corrected chi connectivity index (χ2v) is 12.7. The average molecular weight is 264 g/mol. The van der Waals surface area contributed by atoms with Crippen molar-refractivity contribution in [2.24, 2.45) is 0 Å². The van der Waals surface area contributed by atoms with Gasteiger partial charge in [-0.05, 0) is 0 Å². The fourth-order valence-corrected chi connectivity index (χ4v) is 9.23. The van der Waals surface area contributed by atoms with Crippen molar-refractivity contribution in [2.45, 2.75) is 50.8 Å². The van der Waals surface area contributed by atoms with Crippen molar-refractivity contribution in [1.82, 2.24) is 0 Å². The minimum atomic E-state index is -1.73. The van der Waals surface area contributed by atoms with Crippen LogP contribution in [0.4, 0.5) is 0 Å². The summed E-state index contributed by atoms with van der Waals surface area (Å²) in [6, 6.07) is 10.9. The molecule has 2 rings (SSSR count). The van der Waals surface area contributed by atoms with E-state index >= 15 is 0 Å². The maximum absolute atomic E-state index is 12.0. The van der Waals surface area contributed by atoms with Crippen LogP contribution in [0.3, 0.4) is 0 Å². The Morgan fingerprint density at radius 2 is 1.39 bits per heavy atom. The summed E-state index contributed by atoms with van der Waals surface area (Å²) in [7, 11) is -1.73. The van der Waals surface area contributed by atoms with E-state index in [0.29, 0.717) is 5.78 Å². The van der Waals surface area contributed by atoms with Gasteiger partial charge in [0.05, 0.1) is 0 Å². The number of ketones is 1. The van der Waals surface area contributed by atoms with Gasteiger partial charge in [-0.15, -0.1) is 0 Å². The Morgan fingerprint density at radius 3 is 1.83 bits per heavy atom. The monoisotopic (exact) mass is 264 g/mol. The van der Waals surface area contributed by atoms with E-state index in [1.54, 1.807) is 0 Å². The van der Waals surface area contributed by atoms with Crippen molar-refractivity contribution < 1.29 is 4.79 Å². The van der Waals surface area contributed by atoms with Gasteiger partial charge in [0.1, 0.15) is 0 Å². The zero-order valence-corrected chi connectivity index (χ0v) is 13.2. The quantitative estimate of drug-likeness (QED) is 0.708. The molecule has 0 saturated carbocycles. The first-order valence-electron chi connectivity index (χ1n) is 6.78. The van der Waals surface area contributed by atoms with Crippen LogP contribution in [-0.2, 0) is 4.79 Å². The molecule has 1 aliphatic rings. The number of hydrogen-bond donors (Lipinski definition) is 0. The Labute approximate surface area is 111 Å². The molecule has 18 heavy (non-hydrogen) atoms. The molecule has 1 saturated heterocycles. The predicted molar refractivity (Wildman–Crippen MR) is 82.7 cm³/mol. The molecule has 1 heterocycles. The van der Waals surface area contributed by atoms with Crippen LogP contribution in [0.25, 0.3) is 0 Å². The Morgan fingerprint density at radius 1 is 0.944 bits per heavy atom. The van der Waals surface area contributed by atoms with Crippen molar-refractivity contribution in [1.29, 1.82) is 0 Å². The van der Waals surface area contributed by atoms with Crippen molar-refractivity contribution in [3.05, 3.63) is 30.3 Å². The van der Waals surface area contributed by atoms with Crippen molar-refractivity contribution >= 4 is 18.4 Å². The van der Waals surface area contributed by atoms with E-state index < -0.39 is 7.26 Å². The van der Waals surface area contributed by atoms with E-state index in [1.165, 1.54) is 5.30 Å². The van der Waals surface area contributed by atoms with Gasteiger partial charge in [0.15, 0.2) is 0 Å². The van der Waals surface area contributed by atoms with Gasteiger partial charge in [0.25, 0.3) is 0 Å². The fraction of sp³-hybridized carbons (Fsp3) is 0.562. The molecule has 0 bridgehead atoms. The molecule has 1 aromatic carbocycles. The molecule has 0 radical (unpaired) electrons. The Bertz CT molecular complexity index is 439. The number of hydrogen-bond acceptors (Lipinski definition) is 1. The van der Waals surface area contributed by atoms with E-state index in [9.17, 15) is 4.79 Å². The molecule has 1 aliphatic heterocycles. The summed E-state index contributed by atoms with van der Waals surface area (Å²) >= 11 is 0. The molecular weight excluding hydrogens is 239 g/mol. The number of carbonyl (C=O) groups is 1. The molecule has 1 aromatic rings. The van der Waals surface area contributed by atoms with E-state index in [4.69, 9.17) is 0 Å². The summed E-state index contributed by atoms with van der Waals surface area (Å²) in [5, 5.41) is 1.76. The van der Waals surface area contributed by atoms with Gasteiger partial charge < -0.3 is 0 Å². The SMILES string of the molecule is CC1(C)CC(=O)CC(C)(C)[PH]1(C)c1ccccc1. The third-order valence-corrected chi connectivity index (χ3v) is 12.6. The van der Waals surface area contributed by atoms with Crippen LogP contribution < -0.4 is 5.30 Å². The molecule has 1 nitrogen and oxygen atoms in total. The third kappa shape index (κ3) is 1.84. The minimum absolute atomic E-state index is 0.132. The molecule has 0 aliphatic carbocycles. The first-order chi connectivity index (χ1) is 8.21. The zero-order valence-electron chi connectivity index (χ0n) is 12.2. The van der Waals surface area contributed by atoms with E-state index in [-0.39, 0.29) is 10.3 Å². The molecule has 0 N–H and O–H groups in total. The summed E-state index contributed by atoms with van der Waals surface area (Å²) in [5.74, 6) is 0.436. The van der Waals surface area contributed by atoms with Crippen LogP contribution in [0, 0.1) is 0 Å². The van der Waals surface area contributed by atoms with Crippen molar-refractivity contribution in [3.63, 3.8) is 0 Å². The molecule has 0 unspecified atom stereocenters. The Kier molecular flexibility index (Phi) is 3.18. The number of benzene rings is 1. The van der Waals surface area contributed by atoms with Gasteiger partial charge >= 0.3 is 111 Å². The molecule has 2 heteroatoms. The first kappa shape index (κ1) is 13.7. The predicted octanol–water partition coefficient (Wildman–Crippen LogP) is 3.61. The molecule has 0 spiro atoms. The fourth-order valence-electron chi connectivity index (χ4n) is 3.87. The number of rotatable bonds is 1. The molecule has 0 aromatic heterocycles. The molecule has 0 amide bonds. The topological polar surface area (TPSA) is 17.1 Å². The third-order valence-electron chi connectivity index (χ3n) is 5.34. The number of carbonyl (C=O) groups excluding carboxylic acids is 1. The van der Waals surface area contributed by atoms with E-state index in [1.807, 2.05) is 0 Å². The summed E-state index contributed by atoms with van der Waals surface area (Å²) in [6.45, 7) is 11.7. The van der Waals surface area contributed by atoms with Gasteiger partial charge in [-0.1, -0.05) is 0 Å². The zero-order chi connectivity index (χ0) is 13.6. The van der Waals surface area contributed by atoms with Crippen LogP contribution in [0.1, 0.15) is 40.5 Å². The number of Topliss-reactive ketones (excluding diaryl/α,β-unsaturated/α-hetero) is 1. The van der Waals surface area contributed by atoms with E-state index in [2.05, 4.69) is 64.7 Å². The van der Waals surface area contributed by atoms with Crippen LogP contribution in [0.5, 0.6) is 0 Å². The van der Waals surface area contributed by atoms with Crippen molar-refractivity contribution in [3.8, 4) is 0 Å². The standard InChI is InChI=1S/C16H25OP/c1-15(2)11-13(17)12-16(3,4)18(15,5)14-9-7-6-8-10-14/h6-10,18H,11-12H2,1-5H3. The molecule has 0 atom stereocenters. The summed E-state index contributed by atoms with van der Waals surface area (Å²) in [5.41, 5.74) is 0. The second-order valence-electron chi connectivity index (χ2n) is 7.15. The molecular formula is C16H25OP. The van der Waals surface area contributed by atoms with E-state index in [0.717, 1.165) is 12.8 Å². The summed E-state index contributed by atoms with van der Waals surface area (Å²) in [4.78, 5) is 12.0. The Balaban J connectivity index is 2.61. The average Bonchev–Trinajstić information content (AvgIpc) is 2.25. The molecule has 100 valence electrons. The van der Waals surface area contributed by atoms with Crippen LogP contribution in [-0.4, -0.2) is 22.8 Å². The first-order valence-corrected chi connectivity index (χ1v) is 9.28. The molecule has 1 fully saturated rings. The van der Waals surface area contributed by atoms with Gasteiger partial charge in [0.2, 0.25) is 0 Å². The van der Waals surface area contributed by atoms with Gasteiger partial charge in [-0.3, -0.25) is 0 Å². The Hall–Kier alpha value is -0.680. The second kappa shape index (κ2) is 4.17. The summed E-state index contributed by atoms with van der Waals surface area (Å²) in [6.07, 6.45) is 1.49. The van der Waals surface area contributed by atoms with Crippen molar-refractivity contribution in [2.75, 3.05) is 6.66 Å². The van der Waals surface area contributed by atoms with Gasteiger partial charge in [-0.2, -0.15) is 0 Å². The van der Waals surface area contributed by atoms with Gasteiger partial charge in [0, 0.05) is 0 Å². The summed E-state index contributed by atoms with van der Waals surface area (Å²) < 4.78 is 0.